The van der Waals surface area contributed by atoms with Crippen molar-refractivity contribution in [3.63, 3.8) is 0 Å². The van der Waals surface area contributed by atoms with Gasteiger partial charge >= 0.3 is 6.03 Å². The zero-order valence-corrected chi connectivity index (χ0v) is 13.4. The number of ether oxygens (including phenoxy) is 1. The average molecular weight is 285 g/mol. The Labute approximate surface area is 121 Å². The number of hydrogen-bond donors (Lipinski definition) is 2. The third-order valence-corrected chi connectivity index (χ3v) is 2.75. The molecule has 0 aromatic heterocycles. The van der Waals surface area contributed by atoms with Crippen LogP contribution in [0, 0.1) is 0 Å². The second-order valence-electron chi connectivity index (χ2n) is 7.11. The van der Waals surface area contributed by atoms with Crippen LogP contribution in [-0.2, 0) is 9.53 Å². The maximum absolute atomic E-state index is 11.9. The van der Waals surface area contributed by atoms with Crippen molar-refractivity contribution >= 4 is 11.9 Å². The summed E-state index contributed by atoms with van der Waals surface area (Å²) in [7, 11) is 0. The van der Waals surface area contributed by atoms with Crippen LogP contribution in [0.15, 0.2) is 0 Å². The first-order valence-electron chi connectivity index (χ1n) is 6.99. The number of hydrogen-bond acceptors (Lipinski definition) is 4. The van der Waals surface area contributed by atoms with Gasteiger partial charge in [-0.25, -0.2) is 4.79 Å². The van der Waals surface area contributed by atoms with E-state index in [4.69, 9.17) is 4.74 Å². The molecule has 6 heteroatoms. The number of carbonyl (C=O) groups is 2. The van der Waals surface area contributed by atoms with Gasteiger partial charge in [0.2, 0.25) is 5.91 Å². The molecular weight excluding hydrogens is 258 g/mol. The third kappa shape index (κ3) is 6.34. The van der Waals surface area contributed by atoms with E-state index in [9.17, 15) is 9.59 Å². The highest BCUT2D eigenvalue weighted by molar-refractivity contribution is 5.95. The molecule has 1 unspecified atom stereocenters. The zero-order valence-electron chi connectivity index (χ0n) is 13.4. The molecule has 1 fully saturated rings. The first-order chi connectivity index (χ1) is 8.97. The van der Waals surface area contributed by atoms with Crippen molar-refractivity contribution in [2.75, 3.05) is 19.6 Å². The summed E-state index contributed by atoms with van der Waals surface area (Å²) in [6.07, 6.45) is 0.0787. The molecule has 0 spiro atoms. The Hall–Kier alpha value is -1.14. The number of imide groups is 1. The summed E-state index contributed by atoms with van der Waals surface area (Å²) in [5.74, 6) is -0.295. The Kier molecular flexibility index (Phi) is 5.15. The first kappa shape index (κ1) is 16.9. The minimum atomic E-state index is -0.455. The number of carbonyl (C=O) groups excluding carboxylic acids is 2. The van der Waals surface area contributed by atoms with E-state index in [-0.39, 0.29) is 29.7 Å². The fourth-order valence-corrected chi connectivity index (χ4v) is 2.45. The van der Waals surface area contributed by atoms with Crippen molar-refractivity contribution in [3.05, 3.63) is 0 Å². The average Bonchev–Trinajstić information content (AvgIpc) is 2.08. The van der Waals surface area contributed by atoms with E-state index in [0.717, 1.165) is 0 Å². The summed E-state index contributed by atoms with van der Waals surface area (Å²) in [5.41, 5.74) is -0.633. The molecular formula is C14H27N3O3. The van der Waals surface area contributed by atoms with Gasteiger partial charge in [0.05, 0.1) is 18.2 Å². The number of nitrogens with one attached hydrogen (secondary N) is 2. The van der Waals surface area contributed by atoms with Gasteiger partial charge in [-0.15, -0.1) is 0 Å². The van der Waals surface area contributed by atoms with Gasteiger partial charge in [0.25, 0.3) is 0 Å². The predicted molar refractivity (Wildman–Crippen MR) is 77.5 cm³/mol. The smallest absolute Gasteiger partial charge is 0.321 e. The molecule has 1 heterocycles. The molecule has 0 aromatic carbocycles. The van der Waals surface area contributed by atoms with Crippen LogP contribution in [-0.4, -0.2) is 53.7 Å². The molecule has 20 heavy (non-hydrogen) atoms. The highest BCUT2D eigenvalue weighted by Gasteiger charge is 2.32. The number of rotatable bonds is 2. The van der Waals surface area contributed by atoms with Gasteiger partial charge in [0.15, 0.2) is 0 Å². The zero-order chi connectivity index (χ0) is 15.6. The lowest BCUT2D eigenvalue weighted by Crippen LogP contribution is -2.55. The molecule has 1 atom stereocenters. The second kappa shape index (κ2) is 6.10. The maximum Gasteiger partial charge on any atom is 0.321 e. The number of morpholine rings is 1. The molecule has 0 aliphatic carbocycles. The maximum atomic E-state index is 11.9. The number of urea groups is 1. The highest BCUT2D eigenvalue weighted by atomic mass is 16.5. The molecule has 6 nitrogen and oxygen atoms in total. The molecule has 116 valence electrons. The van der Waals surface area contributed by atoms with E-state index in [1.165, 1.54) is 0 Å². The van der Waals surface area contributed by atoms with Crippen LogP contribution >= 0.6 is 0 Å². The van der Waals surface area contributed by atoms with E-state index in [1.807, 2.05) is 46.4 Å². The minimum Gasteiger partial charge on any atom is -0.370 e. The Bertz CT molecular complexity index is 374. The fourth-order valence-electron chi connectivity index (χ4n) is 2.45. The molecule has 0 aromatic rings. The van der Waals surface area contributed by atoms with Crippen molar-refractivity contribution < 1.29 is 14.3 Å². The van der Waals surface area contributed by atoms with E-state index in [0.29, 0.717) is 13.1 Å². The molecule has 1 aliphatic rings. The largest absolute Gasteiger partial charge is 0.370 e. The molecule has 1 aliphatic heterocycles. The van der Waals surface area contributed by atoms with Crippen LogP contribution < -0.4 is 10.6 Å². The lowest BCUT2D eigenvalue weighted by atomic mass is 10.1. The fraction of sp³-hybridized carbons (Fsp3) is 0.857. The predicted octanol–water partition coefficient (Wildman–Crippen LogP) is 1.11. The van der Waals surface area contributed by atoms with Crippen molar-refractivity contribution in [1.82, 2.24) is 15.5 Å². The van der Waals surface area contributed by atoms with Crippen LogP contribution in [0.3, 0.4) is 0 Å². The van der Waals surface area contributed by atoms with Crippen molar-refractivity contribution in [2.24, 2.45) is 0 Å². The Morgan fingerprint density at radius 1 is 1.35 bits per heavy atom. The van der Waals surface area contributed by atoms with Crippen molar-refractivity contribution in [2.45, 2.75) is 58.8 Å². The monoisotopic (exact) mass is 285 g/mol. The van der Waals surface area contributed by atoms with Crippen molar-refractivity contribution in [1.29, 1.82) is 0 Å². The van der Waals surface area contributed by atoms with Gasteiger partial charge in [0, 0.05) is 18.6 Å². The van der Waals surface area contributed by atoms with E-state index >= 15 is 0 Å². The Balaban J connectivity index is 2.44. The minimum absolute atomic E-state index is 0.0787. The summed E-state index contributed by atoms with van der Waals surface area (Å²) in [6.45, 7) is 13.1. The first-order valence-corrected chi connectivity index (χ1v) is 6.99. The van der Waals surface area contributed by atoms with Gasteiger partial charge in [-0.2, -0.15) is 0 Å². The molecule has 0 bridgehead atoms. The summed E-state index contributed by atoms with van der Waals surface area (Å²) >= 11 is 0. The molecule has 1 rings (SSSR count). The standard InChI is InChI=1S/C14H27N3O3/c1-10-7-17(9-14(5,6)20-10)8-11(18)15-12(19)16-13(2,3)4/h10H,7-9H2,1-6H3,(H2,15,16,18,19). The summed E-state index contributed by atoms with van der Waals surface area (Å²) < 4.78 is 5.78. The highest BCUT2D eigenvalue weighted by Crippen LogP contribution is 2.20. The number of amides is 3. The van der Waals surface area contributed by atoms with Crippen LogP contribution in [0.25, 0.3) is 0 Å². The molecule has 3 amide bonds. The second-order valence-corrected chi connectivity index (χ2v) is 7.11. The van der Waals surface area contributed by atoms with Crippen LogP contribution in [0.1, 0.15) is 41.5 Å². The van der Waals surface area contributed by atoms with Gasteiger partial charge in [-0.3, -0.25) is 15.0 Å². The lowest BCUT2D eigenvalue weighted by Gasteiger charge is -2.41. The normalized spacial score (nSPS) is 23.2. The third-order valence-electron chi connectivity index (χ3n) is 2.75. The molecule has 0 saturated carbocycles. The molecule has 1 saturated heterocycles. The Morgan fingerprint density at radius 3 is 2.45 bits per heavy atom. The quantitative estimate of drug-likeness (QED) is 0.797. The number of nitrogens with zero attached hydrogens (tertiary/aromatic N) is 1. The van der Waals surface area contributed by atoms with Gasteiger partial charge < -0.3 is 10.1 Å². The van der Waals surface area contributed by atoms with E-state index in [1.54, 1.807) is 0 Å². The lowest BCUT2D eigenvalue weighted by molar-refractivity contribution is -0.138. The topological polar surface area (TPSA) is 70.7 Å². The van der Waals surface area contributed by atoms with E-state index < -0.39 is 6.03 Å². The SMILES string of the molecule is CC1CN(CC(=O)NC(=O)NC(C)(C)C)CC(C)(C)O1. The van der Waals surface area contributed by atoms with Crippen LogP contribution in [0.5, 0.6) is 0 Å². The van der Waals surface area contributed by atoms with Crippen LogP contribution in [0.2, 0.25) is 0 Å². The summed E-state index contributed by atoms with van der Waals surface area (Å²) in [4.78, 5) is 25.5. The van der Waals surface area contributed by atoms with Crippen LogP contribution in [0.4, 0.5) is 4.79 Å². The Morgan fingerprint density at radius 2 is 1.95 bits per heavy atom. The van der Waals surface area contributed by atoms with Gasteiger partial charge in [-0.1, -0.05) is 0 Å². The van der Waals surface area contributed by atoms with Gasteiger partial charge in [-0.05, 0) is 41.5 Å². The molecule has 2 N–H and O–H groups in total. The summed E-state index contributed by atoms with van der Waals surface area (Å²) in [6, 6.07) is -0.455. The van der Waals surface area contributed by atoms with E-state index in [2.05, 4.69) is 10.6 Å². The van der Waals surface area contributed by atoms with Crippen molar-refractivity contribution in [3.8, 4) is 0 Å². The van der Waals surface area contributed by atoms with Gasteiger partial charge in [0.1, 0.15) is 0 Å². The summed E-state index contributed by atoms with van der Waals surface area (Å²) in [5, 5.41) is 5.05. The molecule has 0 radical (unpaired) electrons.